The van der Waals surface area contributed by atoms with Crippen LogP contribution >= 0.6 is 0 Å². The Hall–Kier alpha value is -1.85. The van der Waals surface area contributed by atoms with Crippen molar-refractivity contribution in [2.45, 2.75) is 19.4 Å². The molecule has 0 saturated carbocycles. The van der Waals surface area contributed by atoms with E-state index in [4.69, 9.17) is 5.11 Å². The Balaban J connectivity index is 2.65. The van der Waals surface area contributed by atoms with E-state index in [1.54, 1.807) is 12.4 Å². The van der Waals surface area contributed by atoms with Gasteiger partial charge in [-0.15, -0.1) is 0 Å². The number of carbonyl (C=O) groups excluding carboxylic acids is 1. The lowest BCUT2D eigenvalue weighted by atomic mass is 10.2. The van der Waals surface area contributed by atoms with E-state index in [0.29, 0.717) is 12.2 Å². The Morgan fingerprint density at radius 2 is 2.43 bits per heavy atom. The molecule has 0 radical (unpaired) electrons. The van der Waals surface area contributed by atoms with Gasteiger partial charge in [0.1, 0.15) is 5.82 Å². The second-order valence-corrected chi connectivity index (χ2v) is 2.71. The second-order valence-electron chi connectivity index (χ2n) is 2.71. The van der Waals surface area contributed by atoms with Gasteiger partial charge in [0, 0.05) is 12.4 Å². The predicted molar refractivity (Wildman–Crippen MR) is 47.4 cm³/mol. The van der Waals surface area contributed by atoms with Crippen molar-refractivity contribution in [2.75, 3.05) is 0 Å². The number of hydrogen-bond acceptors (Lipinski definition) is 3. The summed E-state index contributed by atoms with van der Waals surface area (Å²) in [5, 5.41) is 10.7. The number of nitrogens with zero attached hydrogens (tertiary/aromatic N) is 1. The highest BCUT2D eigenvalue weighted by atomic mass is 16.4. The van der Waals surface area contributed by atoms with Crippen LogP contribution in [0, 0.1) is 0 Å². The summed E-state index contributed by atoms with van der Waals surface area (Å²) < 4.78 is 0. The topological polar surface area (TPSA) is 95.1 Å². The summed E-state index contributed by atoms with van der Waals surface area (Å²) in [7, 11) is 0. The molecule has 0 aliphatic carbocycles. The third-order valence-electron chi connectivity index (χ3n) is 1.76. The summed E-state index contributed by atoms with van der Waals surface area (Å²) in [5.41, 5.74) is 0. The fourth-order valence-corrected chi connectivity index (χ4v) is 1.05. The van der Waals surface area contributed by atoms with Crippen LogP contribution in [0.25, 0.3) is 0 Å². The lowest BCUT2D eigenvalue weighted by Gasteiger charge is -2.12. The molecule has 0 aromatic carbocycles. The van der Waals surface area contributed by atoms with Crippen LogP contribution in [0.3, 0.4) is 0 Å². The van der Waals surface area contributed by atoms with Crippen molar-refractivity contribution in [2.24, 2.45) is 0 Å². The number of carbonyl (C=O) groups is 2. The summed E-state index contributed by atoms with van der Waals surface area (Å²) in [5.74, 6) is -1.95. The van der Waals surface area contributed by atoms with Gasteiger partial charge in [-0.25, -0.2) is 9.78 Å². The van der Waals surface area contributed by atoms with E-state index < -0.39 is 11.9 Å². The first-order valence-corrected chi connectivity index (χ1v) is 4.18. The van der Waals surface area contributed by atoms with Crippen molar-refractivity contribution in [1.29, 1.82) is 0 Å². The van der Waals surface area contributed by atoms with Gasteiger partial charge in [-0.05, 0) is 6.42 Å². The minimum Gasteiger partial charge on any atom is -0.474 e. The number of aliphatic carboxylic acids is 1. The van der Waals surface area contributed by atoms with Crippen LogP contribution in [0.4, 0.5) is 0 Å². The van der Waals surface area contributed by atoms with Gasteiger partial charge in [-0.1, -0.05) is 6.92 Å². The van der Waals surface area contributed by atoms with Crippen LogP contribution in [0.2, 0.25) is 0 Å². The lowest BCUT2D eigenvalue weighted by molar-refractivity contribution is -0.150. The van der Waals surface area contributed by atoms with Crippen LogP contribution in [0.15, 0.2) is 12.4 Å². The van der Waals surface area contributed by atoms with Crippen molar-refractivity contribution in [3.8, 4) is 0 Å². The average molecular weight is 197 g/mol. The van der Waals surface area contributed by atoms with Gasteiger partial charge in [0.05, 0.1) is 6.04 Å². The molecule has 76 valence electrons. The molecule has 0 aliphatic rings. The molecule has 0 fully saturated rings. The van der Waals surface area contributed by atoms with Gasteiger partial charge in [0.15, 0.2) is 0 Å². The van der Waals surface area contributed by atoms with E-state index in [0.717, 1.165) is 0 Å². The molecule has 1 atom stereocenters. The number of rotatable bonds is 3. The first-order chi connectivity index (χ1) is 6.65. The summed E-state index contributed by atoms with van der Waals surface area (Å²) in [4.78, 5) is 27.9. The zero-order valence-corrected chi connectivity index (χ0v) is 7.65. The van der Waals surface area contributed by atoms with Crippen LogP contribution in [-0.4, -0.2) is 27.0 Å². The highest BCUT2D eigenvalue weighted by Gasteiger charge is 2.18. The SMILES string of the molecule is CCC(NC(=O)C(=O)O)c1ncc[nH]1. The Labute approximate surface area is 80.4 Å². The quantitative estimate of drug-likeness (QED) is 0.597. The molecule has 0 saturated heterocycles. The molecule has 1 rings (SSSR count). The van der Waals surface area contributed by atoms with Gasteiger partial charge in [0.25, 0.3) is 0 Å². The predicted octanol–water partition coefficient (Wildman–Crippen LogP) is 0.0616. The second kappa shape index (κ2) is 4.40. The van der Waals surface area contributed by atoms with Gasteiger partial charge in [-0.2, -0.15) is 0 Å². The molecular weight excluding hydrogens is 186 g/mol. The molecule has 0 aliphatic heterocycles. The lowest BCUT2D eigenvalue weighted by Crippen LogP contribution is -2.34. The molecule has 1 aromatic heterocycles. The summed E-state index contributed by atoms with van der Waals surface area (Å²) in [6.45, 7) is 1.83. The Morgan fingerprint density at radius 3 is 2.86 bits per heavy atom. The van der Waals surface area contributed by atoms with Crippen LogP contribution in [-0.2, 0) is 9.59 Å². The monoisotopic (exact) mass is 197 g/mol. The maximum Gasteiger partial charge on any atom is 0.394 e. The molecule has 1 amide bonds. The van der Waals surface area contributed by atoms with E-state index in [-0.39, 0.29) is 6.04 Å². The number of aromatic nitrogens is 2. The van der Waals surface area contributed by atoms with Crippen LogP contribution < -0.4 is 5.32 Å². The third-order valence-corrected chi connectivity index (χ3v) is 1.76. The molecule has 14 heavy (non-hydrogen) atoms. The minimum absolute atomic E-state index is 0.381. The first kappa shape index (κ1) is 10.2. The number of hydrogen-bond donors (Lipinski definition) is 3. The zero-order valence-electron chi connectivity index (χ0n) is 7.65. The van der Waals surface area contributed by atoms with E-state index in [2.05, 4.69) is 15.3 Å². The molecule has 0 spiro atoms. The smallest absolute Gasteiger partial charge is 0.394 e. The fraction of sp³-hybridized carbons (Fsp3) is 0.375. The third kappa shape index (κ3) is 2.32. The van der Waals surface area contributed by atoms with Crippen molar-refractivity contribution in [3.63, 3.8) is 0 Å². The number of carboxylic acids is 1. The fourth-order valence-electron chi connectivity index (χ4n) is 1.05. The van der Waals surface area contributed by atoms with Gasteiger partial charge < -0.3 is 15.4 Å². The number of imidazole rings is 1. The number of H-pyrrole nitrogens is 1. The van der Waals surface area contributed by atoms with Crippen LogP contribution in [0.5, 0.6) is 0 Å². The average Bonchev–Trinajstić information content (AvgIpc) is 2.66. The number of nitrogens with one attached hydrogen (secondary N) is 2. The minimum atomic E-state index is -1.49. The normalized spacial score (nSPS) is 12.1. The summed E-state index contributed by atoms with van der Waals surface area (Å²) in [6.07, 6.45) is 3.74. The highest BCUT2D eigenvalue weighted by Crippen LogP contribution is 2.10. The zero-order chi connectivity index (χ0) is 10.6. The molecule has 1 heterocycles. The van der Waals surface area contributed by atoms with Crippen molar-refractivity contribution in [1.82, 2.24) is 15.3 Å². The highest BCUT2D eigenvalue weighted by molar-refractivity contribution is 6.31. The molecule has 0 bridgehead atoms. The number of carboxylic acid groups (broad SMARTS) is 1. The standard InChI is InChI=1S/C8H11N3O3/c1-2-5(6-9-3-4-10-6)11-7(12)8(13)14/h3-5H,2H2,1H3,(H,9,10)(H,11,12)(H,13,14). The Bertz CT molecular complexity index is 321. The largest absolute Gasteiger partial charge is 0.474 e. The molecule has 3 N–H and O–H groups in total. The number of amides is 1. The van der Waals surface area contributed by atoms with Crippen molar-refractivity contribution >= 4 is 11.9 Å². The maximum absolute atomic E-state index is 10.9. The Morgan fingerprint density at radius 1 is 1.71 bits per heavy atom. The molecular formula is C8H11N3O3. The van der Waals surface area contributed by atoms with E-state index >= 15 is 0 Å². The number of aromatic amines is 1. The molecule has 1 aromatic rings. The summed E-state index contributed by atoms with van der Waals surface area (Å²) >= 11 is 0. The first-order valence-electron chi connectivity index (χ1n) is 4.18. The van der Waals surface area contributed by atoms with Gasteiger partial charge in [0.2, 0.25) is 0 Å². The molecule has 6 heteroatoms. The van der Waals surface area contributed by atoms with E-state index in [1.807, 2.05) is 6.92 Å². The Kier molecular flexibility index (Phi) is 3.22. The van der Waals surface area contributed by atoms with E-state index in [9.17, 15) is 9.59 Å². The van der Waals surface area contributed by atoms with E-state index in [1.165, 1.54) is 0 Å². The van der Waals surface area contributed by atoms with Crippen molar-refractivity contribution < 1.29 is 14.7 Å². The summed E-state index contributed by atoms with van der Waals surface area (Å²) in [6, 6.07) is -0.381. The maximum atomic E-state index is 10.9. The van der Waals surface area contributed by atoms with Gasteiger partial charge >= 0.3 is 11.9 Å². The van der Waals surface area contributed by atoms with Crippen molar-refractivity contribution in [3.05, 3.63) is 18.2 Å². The molecule has 6 nitrogen and oxygen atoms in total. The van der Waals surface area contributed by atoms with Gasteiger partial charge in [-0.3, -0.25) is 4.79 Å². The molecule has 1 unspecified atom stereocenters. The van der Waals surface area contributed by atoms with Crippen LogP contribution in [0.1, 0.15) is 25.2 Å².